The Kier molecular flexibility index (Phi) is 10.2. The number of piperidine rings is 1. The van der Waals surface area contributed by atoms with Gasteiger partial charge in [-0.1, -0.05) is 18.2 Å². The van der Waals surface area contributed by atoms with Crippen molar-refractivity contribution in [2.24, 2.45) is 0 Å². The van der Waals surface area contributed by atoms with E-state index in [0.717, 1.165) is 54.9 Å². The number of amides is 1. The van der Waals surface area contributed by atoms with Crippen molar-refractivity contribution in [2.45, 2.75) is 31.7 Å². The van der Waals surface area contributed by atoms with Crippen LogP contribution in [0.1, 0.15) is 34.3 Å². The quantitative estimate of drug-likeness (QED) is 0.388. The summed E-state index contributed by atoms with van der Waals surface area (Å²) in [6, 6.07) is 22.5. The Morgan fingerprint density at radius 2 is 1.60 bits per heavy atom. The lowest BCUT2D eigenvalue weighted by atomic mass is 10.0. The summed E-state index contributed by atoms with van der Waals surface area (Å²) in [5.41, 5.74) is 4.96. The van der Waals surface area contributed by atoms with Crippen LogP contribution >= 0.6 is 0 Å². The second kappa shape index (κ2) is 13.6. The van der Waals surface area contributed by atoms with Crippen molar-refractivity contribution < 1.29 is 37.7 Å². The lowest BCUT2D eigenvalue weighted by Crippen LogP contribution is -2.35. The zero-order valence-corrected chi connectivity index (χ0v) is 21.6. The van der Waals surface area contributed by atoms with Gasteiger partial charge in [-0.15, -0.1) is 0 Å². The number of benzene rings is 3. The van der Waals surface area contributed by atoms with Gasteiger partial charge in [-0.25, -0.2) is 4.79 Å². The molecular weight excluding hydrogens is 527 g/mol. The summed E-state index contributed by atoms with van der Waals surface area (Å²) in [4.78, 5) is 23.7. The lowest BCUT2D eigenvalue weighted by Gasteiger charge is -2.30. The number of nitriles is 1. The Hall–Kier alpha value is -4.40. The van der Waals surface area contributed by atoms with Gasteiger partial charge in [0, 0.05) is 36.4 Å². The zero-order chi connectivity index (χ0) is 29.3. The van der Waals surface area contributed by atoms with Gasteiger partial charge in [0.15, 0.2) is 0 Å². The Morgan fingerprint density at radius 3 is 2.12 bits per heavy atom. The number of aliphatic hydroxyl groups excluding tert-OH is 1. The van der Waals surface area contributed by atoms with E-state index in [4.69, 9.17) is 19.9 Å². The number of nitrogens with zero attached hydrogens (tertiary/aromatic N) is 2. The summed E-state index contributed by atoms with van der Waals surface area (Å²) in [6.07, 6.45) is -3.67. The fourth-order valence-corrected chi connectivity index (χ4v) is 4.05. The average molecular weight is 556 g/mol. The first-order valence-corrected chi connectivity index (χ1v) is 12.3. The fourth-order valence-electron chi connectivity index (χ4n) is 4.05. The molecule has 3 aromatic carbocycles. The van der Waals surface area contributed by atoms with E-state index in [1.54, 1.807) is 31.4 Å². The van der Waals surface area contributed by atoms with Crippen LogP contribution in [0.3, 0.4) is 0 Å². The number of carboxylic acids is 1. The van der Waals surface area contributed by atoms with Crippen LogP contribution < -0.4 is 10.1 Å². The summed E-state index contributed by atoms with van der Waals surface area (Å²) < 4.78 is 37.3. The smallest absolute Gasteiger partial charge is 0.490 e. The SMILES string of the molecule is COc1ccc(-c2ccc(NC(=O)c3ccc(C#N)cc3)cc2)cc1CN1CCC(O)CC1.O=C(O)C(F)(F)F. The third-order valence-electron chi connectivity index (χ3n) is 6.23. The van der Waals surface area contributed by atoms with Crippen molar-refractivity contribution in [3.63, 3.8) is 0 Å². The van der Waals surface area contributed by atoms with Gasteiger partial charge < -0.3 is 20.3 Å². The summed E-state index contributed by atoms with van der Waals surface area (Å²) in [6.45, 7) is 2.53. The maximum atomic E-state index is 12.5. The van der Waals surface area contributed by atoms with Crippen molar-refractivity contribution in [2.75, 3.05) is 25.5 Å². The number of carbonyl (C=O) groups excluding carboxylic acids is 1. The van der Waals surface area contributed by atoms with E-state index in [9.17, 15) is 23.1 Å². The van der Waals surface area contributed by atoms with E-state index in [1.165, 1.54) is 0 Å². The number of hydrogen-bond donors (Lipinski definition) is 3. The van der Waals surface area contributed by atoms with Crippen LogP contribution in [-0.4, -0.2) is 59.5 Å². The molecule has 0 bridgehead atoms. The van der Waals surface area contributed by atoms with E-state index in [-0.39, 0.29) is 12.0 Å². The number of anilines is 1. The zero-order valence-electron chi connectivity index (χ0n) is 21.6. The molecule has 4 rings (SSSR count). The highest BCUT2D eigenvalue weighted by molar-refractivity contribution is 6.04. The summed E-state index contributed by atoms with van der Waals surface area (Å²) in [5.74, 6) is -2.12. The number of ether oxygens (including phenoxy) is 1. The molecule has 0 spiro atoms. The first-order chi connectivity index (χ1) is 19.0. The molecular formula is C29H28F3N3O5. The molecule has 0 unspecified atom stereocenters. The number of halogens is 3. The minimum absolute atomic E-state index is 0.189. The molecule has 11 heteroatoms. The monoisotopic (exact) mass is 555 g/mol. The fraction of sp³-hybridized carbons (Fsp3) is 0.276. The molecule has 1 amide bonds. The van der Waals surface area contributed by atoms with Crippen LogP contribution in [0.4, 0.5) is 18.9 Å². The number of nitrogens with one attached hydrogen (secondary N) is 1. The molecule has 0 aromatic heterocycles. The molecule has 0 atom stereocenters. The number of likely N-dealkylation sites (tertiary alicyclic amines) is 1. The standard InChI is InChI=1S/C27H27N3O3.C2HF3O2/c1-33-26-11-8-22(16-23(26)18-30-14-12-25(31)13-15-30)20-6-9-24(10-7-20)29-27(32)21-4-2-19(17-28)3-5-21;3-2(4,5)1(6)7/h2-11,16,25,31H,12-15,18H2,1H3,(H,29,32);(H,6,7). The molecule has 0 aliphatic carbocycles. The van der Waals surface area contributed by atoms with Gasteiger partial charge in [-0.05, 0) is 72.5 Å². The predicted molar refractivity (Wildman–Crippen MR) is 142 cm³/mol. The van der Waals surface area contributed by atoms with Gasteiger partial charge in [-0.3, -0.25) is 9.69 Å². The molecule has 1 fully saturated rings. The van der Waals surface area contributed by atoms with Crippen molar-refractivity contribution in [3.05, 3.63) is 83.4 Å². The first kappa shape index (κ1) is 30.1. The molecule has 40 heavy (non-hydrogen) atoms. The van der Waals surface area contributed by atoms with Crippen LogP contribution in [0.5, 0.6) is 5.75 Å². The molecule has 1 aliphatic rings. The van der Waals surface area contributed by atoms with Crippen LogP contribution in [-0.2, 0) is 11.3 Å². The highest BCUT2D eigenvalue weighted by atomic mass is 19.4. The van der Waals surface area contributed by atoms with Gasteiger partial charge in [0.2, 0.25) is 0 Å². The number of carboxylic acid groups (broad SMARTS) is 1. The summed E-state index contributed by atoms with van der Waals surface area (Å²) in [5, 5.41) is 28.7. The van der Waals surface area contributed by atoms with E-state index in [0.29, 0.717) is 16.8 Å². The minimum atomic E-state index is -5.08. The Labute approximate surface area is 229 Å². The van der Waals surface area contributed by atoms with Gasteiger partial charge in [0.1, 0.15) is 5.75 Å². The van der Waals surface area contributed by atoms with Crippen LogP contribution in [0.25, 0.3) is 11.1 Å². The number of aliphatic carboxylic acids is 1. The largest absolute Gasteiger partial charge is 0.496 e. The van der Waals surface area contributed by atoms with Gasteiger partial charge in [0.05, 0.1) is 24.8 Å². The lowest BCUT2D eigenvalue weighted by molar-refractivity contribution is -0.192. The second-order valence-corrected chi connectivity index (χ2v) is 9.06. The van der Waals surface area contributed by atoms with E-state index in [1.807, 2.05) is 42.5 Å². The first-order valence-electron chi connectivity index (χ1n) is 12.3. The third kappa shape index (κ3) is 8.56. The van der Waals surface area contributed by atoms with Crippen LogP contribution in [0, 0.1) is 11.3 Å². The molecule has 210 valence electrons. The number of alkyl halides is 3. The predicted octanol–water partition coefficient (Wildman–Crippen LogP) is 5.08. The summed E-state index contributed by atoms with van der Waals surface area (Å²) in [7, 11) is 1.68. The summed E-state index contributed by atoms with van der Waals surface area (Å²) >= 11 is 0. The van der Waals surface area contributed by atoms with Crippen molar-refractivity contribution in [1.82, 2.24) is 4.90 Å². The number of carbonyl (C=O) groups is 2. The Bertz CT molecular complexity index is 1350. The van der Waals surface area contributed by atoms with Gasteiger partial charge >= 0.3 is 12.1 Å². The molecule has 0 saturated carbocycles. The van der Waals surface area contributed by atoms with Crippen molar-refractivity contribution >= 4 is 17.6 Å². The van der Waals surface area contributed by atoms with Crippen molar-refractivity contribution in [3.8, 4) is 22.9 Å². The maximum Gasteiger partial charge on any atom is 0.490 e. The van der Waals surface area contributed by atoms with E-state index in [2.05, 4.69) is 16.3 Å². The molecule has 1 aliphatic heterocycles. The molecule has 3 N–H and O–H groups in total. The Balaban J connectivity index is 0.000000559. The number of methoxy groups -OCH3 is 1. The van der Waals surface area contributed by atoms with E-state index >= 15 is 0 Å². The second-order valence-electron chi connectivity index (χ2n) is 9.06. The average Bonchev–Trinajstić information content (AvgIpc) is 2.94. The molecule has 8 nitrogen and oxygen atoms in total. The van der Waals surface area contributed by atoms with Gasteiger partial charge in [-0.2, -0.15) is 18.4 Å². The topological polar surface area (TPSA) is 123 Å². The van der Waals surface area contributed by atoms with E-state index < -0.39 is 12.1 Å². The highest BCUT2D eigenvalue weighted by Gasteiger charge is 2.38. The molecule has 1 saturated heterocycles. The number of aliphatic hydroxyl groups is 1. The van der Waals surface area contributed by atoms with Gasteiger partial charge in [0.25, 0.3) is 5.91 Å². The Morgan fingerprint density at radius 1 is 1.02 bits per heavy atom. The molecule has 1 heterocycles. The number of hydrogen-bond acceptors (Lipinski definition) is 6. The molecule has 3 aromatic rings. The molecule has 0 radical (unpaired) electrons. The van der Waals surface area contributed by atoms with Crippen LogP contribution in [0.15, 0.2) is 66.7 Å². The normalized spacial score (nSPS) is 13.9. The van der Waals surface area contributed by atoms with Crippen molar-refractivity contribution in [1.29, 1.82) is 5.26 Å². The highest BCUT2D eigenvalue weighted by Crippen LogP contribution is 2.29. The minimum Gasteiger partial charge on any atom is -0.496 e. The van der Waals surface area contributed by atoms with Crippen LogP contribution in [0.2, 0.25) is 0 Å². The maximum absolute atomic E-state index is 12.5. The number of rotatable bonds is 6. The third-order valence-corrected chi connectivity index (χ3v) is 6.23.